The summed E-state index contributed by atoms with van der Waals surface area (Å²) in [5, 5.41) is -0.628. The molecule has 94 valence electrons. The third-order valence-electron chi connectivity index (χ3n) is 2.29. The van der Waals surface area contributed by atoms with Gasteiger partial charge in [0.25, 0.3) is 11.8 Å². The van der Waals surface area contributed by atoms with Crippen molar-refractivity contribution in [2.75, 3.05) is 11.8 Å². The van der Waals surface area contributed by atoms with Gasteiger partial charge in [0.2, 0.25) is 6.86 Å². The second-order valence-electron chi connectivity index (χ2n) is 3.32. The van der Waals surface area contributed by atoms with Crippen LogP contribution < -0.4 is 9.64 Å². The van der Waals surface area contributed by atoms with E-state index >= 15 is 0 Å². The van der Waals surface area contributed by atoms with Gasteiger partial charge in [-0.15, -0.1) is 0 Å². The van der Waals surface area contributed by atoms with Gasteiger partial charge in [0.05, 0.1) is 5.69 Å². The minimum atomic E-state index is -0.958. The number of halogens is 3. The Morgan fingerprint density at radius 1 is 1.06 bits per heavy atom. The van der Waals surface area contributed by atoms with E-state index in [1.807, 2.05) is 0 Å². The largest absolute Gasteiger partial charge is 0.463 e. The Morgan fingerprint density at radius 3 is 2.00 bits per heavy atom. The zero-order valence-corrected chi connectivity index (χ0v) is 10.3. The number of alkyl halides is 1. The maximum Gasteiger partial charge on any atom is 0.278 e. The normalized spacial score (nSPS) is 15.6. The molecule has 1 aromatic carbocycles. The summed E-state index contributed by atoms with van der Waals surface area (Å²) < 4.78 is 16.5. The number of nitrogens with zero attached hydrogens (tertiary/aromatic N) is 1. The Kier molecular flexibility index (Phi) is 3.54. The van der Waals surface area contributed by atoms with Gasteiger partial charge in [-0.05, 0) is 24.3 Å². The predicted octanol–water partition coefficient (Wildman–Crippen LogP) is 2.55. The molecule has 1 aliphatic rings. The van der Waals surface area contributed by atoms with E-state index in [0.717, 1.165) is 4.90 Å². The van der Waals surface area contributed by atoms with Crippen molar-refractivity contribution < 1.29 is 18.7 Å². The second-order valence-corrected chi connectivity index (χ2v) is 4.08. The van der Waals surface area contributed by atoms with Crippen LogP contribution in [0.1, 0.15) is 0 Å². The van der Waals surface area contributed by atoms with Gasteiger partial charge in [0.1, 0.15) is 15.8 Å². The fourth-order valence-corrected chi connectivity index (χ4v) is 1.80. The molecular weight excluding hydrogens is 284 g/mol. The summed E-state index contributed by atoms with van der Waals surface area (Å²) in [6.07, 6.45) is 0. The van der Waals surface area contributed by atoms with Gasteiger partial charge in [0.15, 0.2) is 0 Å². The fraction of sp³-hybridized carbons (Fsp3) is 0.0909. The molecular formula is C11H6Cl2FNO3. The fourth-order valence-electron chi connectivity index (χ4n) is 1.47. The van der Waals surface area contributed by atoms with Crippen molar-refractivity contribution in [1.82, 2.24) is 0 Å². The Balaban J connectivity index is 2.29. The average molecular weight is 290 g/mol. The van der Waals surface area contributed by atoms with E-state index in [1.54, 1.807) is 0 Å². The van der Waals surface area contributed by atoms with Gasteiger partial charge in [-0.25, -0.2) is 9.29 Å². The molecule has 0 unspecified atom stereocenters. The maximum absolute atomic E-state index is 11.9. The number of hydrogen-bond donors (Lipinski definition) is 0. The van der Waals surface area contributed by atoms with Crippen LogP contribution >= 0.6 is 23.2 Å². The van der Waals surface area contributed by atoms with Crippen LogP contribution in [0.3, 0.4) is 0 Å². The lowest BCUT2D eigenvalue weighted by Gasteiger charge is -2.14. The summed E-state index contributed by atoms with van der Waals surface area (Å²) >= 11 is 11.2. The number of amides is 2. The van der Waals surface area contributed by atoms with E-state index in [0.29, 0.717) is 0 Å². The molecule has 1 heterocycles. The van der Waals surface area contributed by atoms with Crippen LogP contribution in [-0.2, 0) is 9.59 Å². The van der Waals surface area contributed by atoms with E-state index in [-0.39, 0.29) is 21.5 Å². The molecule has 0 aromatic heterocycles. The number of ether oxygens (including phenoxy) is 1. The van der Waals surface area contributed by atoms with Gasteiger partial charge >= 0.3 is 0 Å². The highest BCUT2D eigenvalue weighted by atomic mass is 35.5. The molecule has 0 fully saturated rings. The summed E-state index contributed by atoms with van der Waals surface area (Å²) in [6, 6.07) is 5.71. The summed E-state index contributed by atoms with van der Waals surface area (Å²) in [5.74, 6) is -1.10. The molecule has 4 nitrogen and oxygen atoms in total. The molecule has 0 bridgehead atoms. The molecule has 2 rings (SSSR count). The first-order valence-electron chi connectivity index (χ1n) is 4.79. The highest BCUT2D eigenvalue weighted by molar-refractivity contribution is 6.62. The molecule has 1 aliphatic heterocycles. The van der Waals surface area contributed by atoms with Crippen molar-refractivity contribution in [3.8, 4) is 5.75 Å². The van der Waals surface area contributed by atoms with Crippen molar-refractivity contribution in [3.63, 3.8) is 0 Å². The first-order chi connectivity index (χ1) is 8.56. The molecule has 0 spiro atoms. The van der Waals surface area contributed by atoms with E-state index in [4.69, 9.17) is 23.2 Å². The molecule has 0 N–H and O–H groups in total. The second kappa shape index (κ2) is 4.96. The van der Waals surface area contributed by atoms with Crippen molar-refractivity contribution in [2.45, 2.75) is 0 Å². The van der Waals surface area contributed by atoms with Gasteiger partial charge in [-0.1, -0.05) is 23.2 Å². The maximum atomic E-state index is 11.9. The molecule has 0 aliphatic carbocycles. The minimum Gasteiger partial charge on any atom is -0.463 e. The third-order valence-corrected chi connectivity index (χ3v) is 3.09. The smallest absolute Gasteiger partial charge is 0.278 e. The highest BCUT2D eigenvalue weighted by Gasteiger charge is 2.37. The van der Waals surface area contributed by atoms with E-state index in [9.17, 15) is 14.0 Å². The zero-order valence-electron chi connectivity index (χ0n) is 8.82. The SMILES string of the molecule is O=C1C(Cl)=C(Cl)C(=O)N1c1ccc(OCF)cc1. The van der Waals surface area contributed by atoms with Gasteiger partial charge in [-0.3, -0.25) is 9.59 Å². The summed E-state index contributed by atoms with van der Waals surface area (Å²) in [6.45, 7) is -0.958. The first-order valence-corrected chi connectivity index (χ1v) is 5.54. The summed E-state index contributed by atoms with van der Waals surface area (Å²) in [7, 11) is 0. The van der Waals surface area contributed by atoms with Crippen molar-refractivity contribution in [2.24, 2.45) is 0 Å². The monoisotopic (exact) mass is 289 g/mol. The van der Waals surface area contributed by atoms with Crippen LogP contribution in [0.5, 0.6) is 5.75 Å². The van der Waals surface area contributed by atoms with E-state index < -0.39 is 18.7 Å². The Labute approximate surface area is 112 Å². The molecule has 7 heteroatoms. The van der Waals surface area contributed by atoms with Crippen LogP contribution in [0, 0.1) is 0 Å². The number of carbonyl (C=O) groups is 2. The number of imide groups is 1. The number of anilines is 1. The van der Waals surface area contributed by atoms with Crippen LogP contribution in [0.15, 0.2) is 34.3 Å². The Hall–Kier alpha value is -1.59. The third kappa shape index (κ3) is 2.07. The average Bonchev–Trinajstić information content (AvgIpc) is 2.56. The van der Waals surface area contributed by atoms with Gasteiger partial charge in [-0.2, -0.15) is 0 Å². The van der Waals surface area contributed by atoms with Crippen molar-refractivity contribution in [3.05, 3.63) is 34.3 Å². The van der Waals surface area contributed by atoms with Crippen LogP contribution in [0.4, 0.5) is 10.1 Å². The van der Waals surface area contributed by atoms with E-state index in [1.165, 1.54) is 24.3 Å². The molecule has 2 amide bonds. The Bertz CT molecular complexity index is 518. The lowest BCUT2D eigenvalue weighted by Crippen LogP contribution is -2.30. The van der Waals surface area contributed by atoms with E-state index in [2.05, 4.69) is 4.74 Å². The molecule has 0 atom stereocenters. The van der Waals surface area contributed by atoms with Gasteiger partial charge < -0.3 is 4.74 Å². The molecule has 18 heavy (non-hydrogen) atoms. The standard InChI is InChI=1S/C11H6Cl2FNO3/c12-8-9(13)11(17)15(10(8)16)6-1-3-7(4-2-6)18-5-14/h1-4H,5H2. The van der Waals surface area contributed by atoms with Crippen LogP contribution in [0.25, 0.3) is 0 Å². The quantitative estimate of drug-likeness (QED) is 0.804. The first kappa shape index (κ1) is 12.9. The number of rotatable bonds is 3. The summed E-state index contributed by atoms with van der Waals surface area (Å²) in [5.41, 5.74) is 0.282. The number of hydrogen-bond acceptors (Lipinski definition) is 3. The Morgan fingerprint density at radius 2 is 1.56 bits per heavy atom. The van der Waals surface area contributed by atoms with Crippen molar-refractivity contribution in [1.29, 1.82) is 0 Å². The topological polar surface area (TPSA) is 46.6 Å². The molecule has 0 saturated heterocycles. The zero-order chi connectivity index (χ0) is 13.3. The summed E-state index contributed by atoms with van der Waals surface area (Å²) in [4.78, 5) is 24.2. The van der Waals surface area contributed by atoms with Crippen LogP contribution in [0.2, 0.25) is 0 Å². The number of carbonyl (C=O) groups excluding carboxylic acids is 2. The highest BCUT2D eigenvalue weighted by Crippen LogP contribution is 2.31. The molecule has 1 aromatic rings. The lowest BCUT2D eigenvalue weighted by atomic mass is 10.3. The van der Waals surface area contributed by atoms with Gasteiger partial charge in [0, 0.05) is 0 Å². The molecule has 0 saturated carbocycles. The van der Waals surface area contributed by atoms with Crippen LogP contribution in [-0.4, -0.2) is 18.7 Å². The minimum absolute atomic E-state index is 0.282. The predicted molar refractivity (Wildman–Crippen MR) is 64.3 cm³/mol. The molecule has 0 radical (unpaired) electrons. The van der Waals surface area contributed by atoms with Crippen molar-refractivity contribution >= 4 is 40.7 Å². The number of benzene rings is 1. The lowest BCUT2D eigenvalue weighted by molar-refractivity contribution is -0.120.